The maximum absolute atomic E-state index is 13.4. The average Bonchev–Trinajstić information content (AvgIpc) is 3.03. The smallest absolute Gasteiger partial charge is 0.255 e. The zero-order valence-electron chi connectivity index (χ0n) is 23.5. The van der Waals surface area contributed by atoms with E-state index in [0.717, 1.165) is 22.3 Å². The summed E-state index contributed by atoms with van der Waals surface area (Å²) in [5.41, 5.74) is 10.5. The number of aromatic hydroxyl groups is 1. The van der Waals surface area contributed by atoms with Crippen molar-refractivity contribution in [1.82, 2.24) is 9.80 Å². The minimum absolute atomic E-state index is 0.117. The van der Waals surface area contributed by atoms with E-state index in [1.165, 1.54) is 0 Å². The quantitative estimate of drug-likeness (QED) is 0.224. The molecule has 8 nitrogen and oxygen atoms in total. The van der Waals surface area contributed by atoms with Gasteiger partial charge in [-0.2, -0.15) is 0 Å². The first-order chi connectivity index (χ1) is 20.4. The lowest BCUT2D eigenvalue weighted by molar-refractivity contribution is -0.153. The highest BCUT2D eigenvalue weighted by molar-refractivity contribution is 6.12. The molecule has 0 saturated heterocycles. The lowest BCUT2D eigenvalue weighted by atomic mass is 10.1. The molecule has 0 aliphatic carbocycles. The molecule has 8 heteroatoms. The van der Waals surface area contributed by atoms with Gasteiger partial charge in [-0.15, -0.1) is 0 Å². The topological polar surface area (TPSA) is 116 Å². The van der Waals surface area contributed by atoms with Gasteiger partial charge >= 0.3 is 0 Å². The third kappa shape index (κ3) is 8.86. The van der Waals surface area contributed by atoms with Crippen molar-refractivity contribution in [3.8, 4) is 16.9 Å². The Bertz CT molecular complexity index is 1440. The lowest BCUT2D eigenvalue weighted by Crippen LogP contribution is -2.51. The second kappa shape index (κ2) is 15.3. The molecule has 216 valence electrons. The summed E-state index contributed by atoms with van der Waals surface area (Å²) in [6.07, 6.45) is 1.32. The zero-order chi connectivity index (χ0) is 29.7. The Balaban J connectivity index is 1.40. The number of phenolic OH excluding ortho intramolecular Hbond substituents is 1. The molecule has 0 fully saturated rings. The van der Waals surface area contributed by atoms with Gasteiger partial charge in [-0.3, -0.25) is 19.3 Å². The predicted molar refractivity (Wildman–Crippen MR) is 165 cm³/mol. The first-order valence-corrected chi connectivity index (χ1v) is 13.9. The number of phenols is 1. The van der Waals surface area contributed by atoms with Crippen LogP contribution in [-0.2, 0) is 27.2 Å². The number of imide groups is 3. The van der Waals surface area contributed by atoms with Crippen LogP contribution in [-0.4, -0.2) is 65.4 Å². The molecule has 4 aromatic carbocycles. The van der Waals surface area contributed by atoms with Crippen molar-refractivity contribution in [2.45, 2.75) is 12.8 Å². The van der Waals surface area contributed by atoms with E-state index in [1.54, 1.807) is 12.1 Å². The molecule has 4 rings (SSSR count). The van der Waals surface area contributed by atoms with Crippen LogP contribution in [0.15, 0.2) is 109 Å². The number of hydrogen-bond acceptors (Lipinski definition) is 7. The molecule has 3 amide bonds. The number of benzene rings is 4. The number of nitrogens with one attached hydrogen (secondary N) is 1. The molecule has 0 saturated carbocycles. The summed E-state index contributed by atoms with van der Waals surface area (Å²) in [5.74, 6) is -1.84. The van der Waals surface area contributed by atoms with E-state index in [-0.39, 0.29) is 18.8 Å². The molecule has 4 N–H and O–H groups in total. The summed E-state index contributed by atoms with van der Waals surface area (Å²) in [6, 6.07) is 34.3. The van der Waals surface area contributed by atoms with Gasteiger partial charge in [0, 0.05) is 18.8 Å². The maximum atomic E-state index is 13.4. The van der Waals surface area contributed by atoms with Crippen molar-refractivity contribution < 1.29 is 19.5 Å². The Labute approximate surface area is 246 Å². The van der Waals surface area contributed by atoms with Crippen molar-refractivity contribution in [2.24, 2.45) is 5.73 Å². The first-order valence-electron chi connectivity index (χ1n) is 13.9. The van der Waals surface area contributed by atoms with E-state index in [4.69, 9.17) is 5.73 Å². The van der Waals surface area contributed by atoms with Crippen LogP contribution in [0.4, 0.5) is 5.69 Å². The normalized spacial score (nSPS) is 10.8. The first kappa shape index (κ1) is 30.2. The van der Waals surface area contributed by atoms with Crippen LogP contribution in [0, 0.1) is 0 Å². The highest BCUT2D eigenvalue weighted by atomic mass is 16.3. The highest BCUT2D eigenvalue weighted by Crippen LogP contribution is 2.21. The van der Waals surface area contributed by atoms with Crippen LogP contribution >= 0.6 is 0 Å². The van der Waals surface area contributed by atoms with Crippen molar-refractivity contribution in [2.75, 3.05) is 38.0 Å². The summed E-state index contributed by atoms with van der Waals surface area (Å²) in [5, 5.41) is 12.6. The van der Waals surface area contributed by atoms with Gasteiger partial charge in [0.15, 0.2) is 0 Å². The molecule has 0 aromatic heterocycles. The molecular weight excluding hydrogens is 528 g/mol. The molecule has 0 unspecified atom stereocenters. The van der Waals surface area contributed by atoms with Gasteiger partial charge in [-0.05, 0) is 59.4 Å². The molecule has 0 radical (unpaired) electrons. The number of carbonyl (C=O) groups excluding carboxylic acids is 3. The van der Waals surface area contributed by atoms with Gasteiger partial charge in [0.2, 0.25) is 11.8 Å². The minimum Gasteiger partial charge on any atom is -0.508 e. The molecule has 0 heterocycles. The van der Waals surface area contributed by atoms with E-state index in [0.29, 0.717) is 36.5 Å². The van der Waals surface area contributed by atoms with Crippen LogP contribution in [0.1, 0.15) is 11.1 Å². The monoisotopic (exact) mass is 564 g/mol. The molecule has 0 bridgehead atoms. The number of carbonyl (C=O) groups is 3. The SMILES string of the molecule is NCC(=O)N(C(=O)CNc1ccc(-c2ccccc2)cc1)C(=O)CN(CCc1ccccc1)CCc1ccc(O)cc1. The maximum Gasteiger partial charge on any atom is 0.255 e. The summed E-state index contributed by atoms with van der Waals surface area (Å²) < 4.78 is 0. The standard InChI is InChI=1S/C34H36N4O4/c35-23-32(40)38(33(41)24-36-30-15-13-29(14-16-30)28-9-5-2-6-10-28)34(42)25-37(21-19-26-7-3-1-4-8-26)22-20-27-11-17-31(39)18-12-27/h1-18,36,39H,19-25,35H2. The van der Waals surface area contributed by atoms with E-state index in [2.05, 4.69) is 5.32 Å². The fourth-order valence-electron chi connectivity index (χ4n) is 4.59. The summed E-state index contributed by atoms with van der Waals surface area (Å²) >= 11 is 0. The average molecular weight is 565 g/mol. The second-order valence-electron chi connectivity index (χ2n) is 9.95. The third-order valence-electron chi connectivity index (χ3n) is 6.93. The Kier molecular flexibility index (Phi) is 11.0. The van der Waals surface area contributed by atoms with Gasteiger partial charge in [0.05, 0.1) is 19.6 Å². The second-order valence-corrected chi connectivity index (χ2v) is 9.95. The Hall–Kier alpha value is -4.79. The number of rotatable bonds is 13. The van der Waals surface area contributed by atoms with Crippen LogP contribution in [0.5, 0.6) is 5.75 Å². The Morgan fingerprint density at radius 1 is 0.643 bits per heavy atom. The van der Waals surface area contributed by atoms with Crippen molar-refractivity contribution in [3.63, 3.8) is 0 Å². The van der Waals surface area contributed by atoms with E-state index < -0.39 is 24.3 Å². The minimum atomic E-state index is -0.743. The summed E-state index contributed by atoms with van der Waals surface area (Å²) in [7, 11) is 0. The number of nitrogens with two attached hydrogens (primary N) is 1. The number of amides is 3. The van der Waals surface area contributed by atoms with Crippen molar-refractivity contribution >= 4 is 23.4 Å². The Morgan fingerprint density at radius 3 is 1.79 bits per heavy atom. The van der Waals surface area contributed by atoms with Crippen LogP contribution < -0.4 is 11.1 Å². The van der Waals surface area contributed by atoms with Crippen molar-refractivity contribution in [3.05, 3.63) is 120 Å². The predicted octanol–water partition coefficient (Wildman–Crippen LogP) is 4.10. The van der Waals surface area contributed by atoms with Gasteiger partial charge in [0.25, 0.3) is 5.91 Å². The molecule has 0 aliphatic heterocycles. The molecule has 0 spiro atoms. The molecule has 0 atom stereocenters. The molecule has 42 heavy (non-hydrogen) atoms. The third-order valence-corrected chi connectivity index (χ3v) is 6.93. The van der Waals surface area contributed by atoms with Gasteiger partial charge in [0.1, 0.15) is 5.75 Å². The van der Waals surface area contributed by atoms with E-state index >= 15 is 0 Å². The summed E-state index contributed by atoms with van der Waals surface area (Å²) in [4.78, 5) is 41.8. The van der Waals surface area contributed by atoms with Crippen LogP contribution in [0.3, 0.4) is 0 Å². The van der Waals surface area contributed by atoms with Gasteiger partial charge in [-0.1, -0.05) is 84.9 Å². The van der Waals surface area contributed by atoms with Crippen LogP contribution in [0.25, 0.3) is 11.1 Å². The van der Waals surface area contributed by atoms with E-state index in [1.807, 2.05) is 102 Å². The zero-order valence-corrected chi connectivity index (χ0v) is 23.5. The largest absolute Gasteiger partial charge is 0.508 e. The fourth-order valence-corrected chi connectivity index (χ4v) is 4.59. The Morgan fingerprint density at radius 2 is 1.19 bits per heavy atom. The molecule has 4 aromatic rings. The highest BCUT2D eigenvalue weighted by Gasteiger charge is 2.28. The van der Waals surface area contributed by atoms with Gasteiger partial charge in [-0.25, -0.2) is 4.90 Å². The fraction of sp³-hybridized carbons (Fsp3) is 0.206. The van der Waals surface area contributed by atoms with E-state index in [9.17, 15) is 19.5 Å². The number of anilines is 1. The van der Waals surface area contributed by atoms with Crippen molar-refractivity contribution in [1.29, 1.82) is 0 Å². The molecular formula is C34H36N4O4. The molecule has 0 aliphatic rings. The van der Waals surface area contributed by atoms with Crippen LogP contribution in [0.2, 0.25) is 0 Å². The number of nitrogens with zero attached hydrogens (tertiary/aromatic N) is 2. The van der Waals surface area contributed by atoms with Gasteiger partial charge < -0.3 is 16.2 Å². The summed E-state index contributed by atoms with van der Waals surface area (Å²) in [6.45, 7) is 0.265. The lowest BCUT2D eigenvalue weighted by Gasteiger charge is -2.25. The number of hydrogen-bond donors (Lipinski definition) is 3.